The number of carbonyl (C=O) groups excluding carboxylic acids is 1. The molecule has 2 aromatic carbocycles. The fraction of sp³-hybridized carbons (Fsp3) is 0.222. The molecule has 1 N–H and O–H groups in total. The summed E-state index contributed by atoms with van der Waals surface area (Å²) in [6, 6.07) is 10.4. The largest absolute Gasteiger partial charge is 0.497 e. The number of hydrogen-bond acceptors (Lipinski definition) is 5. The van der Waals surface area contributed by atoms with Gasteiger partial charge < -0.3 is 14.2 Å². The van der Waals surface area contributed by atoms with E-state index in [4.69, 9.17) is 14.2 Å². The molecule has 25 heavy (non-hydrogen) atoms. The van der Waals surface area contributed by atoms with Crippen LogP contribution in [0, 0.1) is 0 Å². The number of carbonyl (C=O) groups is 1. The van der Waals surface area contributed by atoms with Gasteiger partial charge in [0.2, 0.25) is 0 Å². The molecule has 0 fully saturated rings. The molecule has 0 bridgehead atoms. The standard InChI is InChI=1S/C18H19BrN2O4/c1-4-25-17-15(19)9-12(10-16(17)24-3)11-20-21-18(22)13-5-7-14(23-2)8-6-13/h5-11H,4H2,1-3H3,(H,21,22)/b20-11-. The molecule has 7 heteroatoms. The molecule has 0 aromatic heterocycles. The number of ether oxygens (including phenoxy) is 3. The molecule has 2 aromatic rings. The topological polar surface area (TPSA) is 69.2 Å². The van der Waals surface area contributed by atoms with Crippen molar-refractivity contribution >= 4 is 28.1 Å². The Hall–Kier alpha value is -2.54. The molecule has 6 nitrogen and oxygen atoms in total. The monoisotopic (exact) mass is 406 g/mol. The van der Waals surface area contributed by atoms with E-state index in [1.807, 2.05) is 13.0 Å². The number of hydrogen-bond donors (Lipinski definition) is 1. The Bertz CT molecular complexity index is 760. The first-order chi connectivity index (χ1) is 12.1. The van der Waals surface area contributed by atoms with Crippen molar-refractivity contribution in [2.45, 2.75) is 6.92 Å². The van der Waals surface area contributed by atoms with E-state index in [0.717, 1.165) is 10.0 Å². The molecule has 0 heterocycles. The zero-order valence-corrected chi connectivity index (χ0v) is 15.8. The number of nitrogens with zero attached hydrogens (tertiary/aromatic N) is 1. The fourth-order valence-corrected chi connectivity index (χ4v) is 2.65. The van der Waals surface area contributed by atoms with Crippen molar-refractivity contribution < 1.29 is 19.0 Å². The van der Waals surface area contributed by atoms with Crippen LogP contribution in [0.5, 0.6) is 17.2 Å². The van der Waals surface area contributed by atoms with Gasteiger partial charge >= 0.3 is 0 Å². The Morgan fingerprint density at radius 3 is 2.52 bits per heavy atom. The predicted octanol–water partition coefficient (Wildman–Crippen LogP) is 3.63. The number of hydrazone groups is 1. The van der Waals surface area contributed by atoms with Crippen molar-refractivity contribution in [2.24, 2.45) is 5.10 Å². The van der Waals surface area contributed by atoms with Crippen LogP contribution in [0.15, 0.2) is 46.0 Å². The molecule has 0 unspecified atom stereocenters. The van der Waals surface area contributed by atoms with Crippen LogP contribution in [0.3, 0.4) is 0 Å². The maximum atomic E-state index is 12.0. The van der Waals surface area contributed by atoms with Gasteiger partial charge in [-0.3, -0.25) is 4.79 Å². The van der Waals surface area contributed by atoms with Gasteiger partial charge in [0.05, 0.1) is 31.5 Å². The molecule has 132 valence electrons. The van der Waals surface area contributed by atoms with Gasteiger partial charge in [0.15, 0.2) is 11.5 Å². The highest BCUT2D eigenvalue weighted by molar-refractivity contribution is 9.10. The first kappa shape index (κ1) is 18.8. The van der Waals surface area contributed by atoms with E-state index in [1.165, 1.54) is 6.21 Å². The van der Waals surface area contributed by atoms with Crippen molar-refractivity contribution in [1.82, 2.24) is 5.43 Å². The van der Waals surface area contributed by atoms with Crippen LogP contribution in [0.25, 0.3) is 0 Å². The number of nitrogens with one attached hydrogen (secondary N) is 1. The van der Waals surface area contributed by atoms with Crippen molar-refractivity contribution in [3.8, 4) is 17.2 Å². The highest BCUT2D eigenvalue weighted by atomic mass is 79.9. The minimum absolute atomic E-state index is 0.309. The lowest BCUT2D eigenvalue weighted by Gasteiger charge is -2.11. The average molecular weight is 407 g/mol. The van der Waals surface area contributed by atoms with Crippen molar-refractivity contribution in [3.63, 3.8) is 0 Å². The zero-order valence-electron chi connectivity index (χ0n) is 14.2. The number of amides is 1. The Kier molecular flexibility index (Phi) is 6.82. The van der Waals surface area contributed by atoms with Crippen molar-refractivity contribution in [1.29, 1.82) is 0 Å². The predicted molar refractivity (Wildman–Crippen MR) is 99.9 cm³/mol. The van der Waals surface area contributed by atoms with Gasteiger partial charge in [-0.1, -0.05) is 0 Å². The molecular formula is C18H19BrN2O4. The highest BCUT2D eigenvalue weighted by Gasteiger charge is 2.10. The van der Waals surface area contributed by atoms with Crippen LogP contribution >= 0.6 is 15.9 Å². The second-order valence-electron chi connectivity index (χ2n) is 4.89. The summed E-state index contributed by atoms with van der Waals surface area (Å²) in [6.45, 7) is 2.43. The van der Waals surface area contributed by atoms with E-state index >= 15 is 0 Å². The third-order valence-electron chi connectivity index (χ3n) is 3.27. The second-order valence-corrected chi connectivity index (χ2v) is 5.75. The molecule has 0 aliphatic carbocycles. The van der Waals surface area contributed by atoms with Gasteiger partial charge in [-0.25, -0.2) is 5.43 Å². The Morgan fingerprint density at radius 2 is 1.92 bits per heavy atom. The smallest absolute Gasteiger partial charge is 0.271 e. The Balaban J connectivity index is 2.08. The van der Waals surface area contributed by atoms with Gasteiger partial charge in [-0.2, -0.15) is 5.10 Å². The third-order valence-corrected chi connectivity index (χ3v) is 3.86. The number of methoxy groups -OCH3 is 2. The second kappa shape index (κ2) is 9.08. The molecule has 1 amide bonds. The van der Waals surface area contributed by atoms with Crippen LogP contribution in [0.2, 0.25) is 0 Å². The lowest BCUT2D eigenvalue weighted by atomic mass is 10.2. The zero-order chi connectivity index (χ0) is 18.2. The molecule has 0 atom stereocenters. The molecule has 0 radical (unpaired) electrons. The summed E-state index contributed by atoms with van der Waals surface area (Å²) in [5.74, 6) is 1.59. The van der Waals surface area contributed by atoms with E-state index in [-0.39, 0.29) is 5.91 Å². The normalized spacial score (nSPS) is 10.6. The highest BCUT2D eigenvalue weighted by Crippen LogP contribution is 2.36. The minimum Gasteiger partial charge on any atom is -0.497 e. The van der Waals surface area contributed by atoms with Gasteiger partial charge in [-0.15, -0.1) is 0 Å². The van der Waals surface area contributed by atoms with Crippen LogP contribution < -0.4 is 19.6 Å². The molecule has 0 saturated carbocycles. The van der Waals surface area contributed by atoms with E-state index in [9.17, 15) is 4.79 Å². The quantitative estimate of drug-likeness (QED) is 0.562. The lowest BCUT2D eigenvalue weighted by Crippen LogP contribution is -2.17. The molecule has 2 rings (SSSR count). The van der Waals surface area contributed by atoms with Crippen molar-refractivity contribution in [3.05, 3.63) is 52.0 Å². The number of halogens is 1. The number of rotatable bonds is 7. The molecule has 0 aliphatic rings. The summed E-state index contributed by atoms with van der Waals surface area (Å²) in [7, 11) is 3.14. The number of benzene rings is 2. The summed E-state index contributed by atoms with van der Waals surface area (Å²) in [6.07, 6.45) is 1.53. The van der Waals surface area contributed by atoms with Crippen LogP contribution in [0.4, 0.5) is 0 Å². The summed E-state index contributed by atoms with van der Waals surface area (Å²) in [5, 5.41) is 3.98. The fourth-order valence-electron chi connectivity index (χ4n) is 2.07. The molecule has 0 aliphatic heterocycles. The van der Waals surface area contributed by atoms with Gasteiger partial charge in [-0.05, 0) is 64.8 Å². The summed E-state index contributed by atoms with van der Waals surface area (Å²) in [4.78, 5) is 12.0. The van der Waals surface area contributed by atoms with Crippen molar-refractivity contribution in [2.75, 3.05) is 20.8 Å². The first-order valence-electron chi connectivity index (χ1n) is 7.56. The lowest BCUT2D eigenvalue weighted by molar-refractivity contribution is 0.0955. The van der Waals surface area contributed by atoms with Crippen LogP contribution in [-0.4, -0.2) is 32.9 Å². The summed E-state index contributed by atoms with van der Waals surface area (Å²) >= 11 is 3.45. The van der Waals surface area contributed by atoms with Gasteiger partial charge in [0.1, 0.15) is 5.75 Å². The molecular weight excluding hydrogens is 388 g/mol. The summed E-state index contributed by atoms with van der Waals surface area (Å²) in [5.41, 5.74) is 3.73. The SMILES string of the molecule is CCOc1c(Br)cc(/C=N\NC(=O)c2ccc(OC)cc2)cc1OC. The Labute approximate surface area is 154 Å². The maximum absolute atomic E-state index is 12.0. The van der Waals surface area contributed by atoms with E-state index in [0.29, 0.717) is 29.4 Å². The molecule has 0 saturated heterocycles. The van der Waals surface area contributed by atoms with E-state index in [1.54, 1.807) is 44.6 Å². The van der Waals surface area contributed by atoms with Crippen LogP contribution in [-0.2, 0) is 0 Å². The maximum Gasteiger partial charge on any atom is 0.271 e. The summed E-state index contributed by atoms with van der Waals surface area (Å²) < 4.78 is 16.7. The first-order valence-corrected chi connectivity index (χ1v) is 8.36. The van der Waals surface area contributed by atoms with Crippen LogP contribution in [0.1, 0.15) is 22.8 Å². The van der Waals surface area contributed by atoms with E-state index < -0.39 is 0 Å². The minimum atomic E-state index is -0.309. The van der Waals surface area contributed by atoms with Gasteiger partial charge in [0.25, 0.3) is 5.91 Å². The Morgan fingerprint density at radius 1 is 1.20 bits per heavy atom. The molecule has 0 spiro atoms. The van der Waals surface area contributed by atoms with E-state index in [2.05, 4.69) is 26.5 Å². The third kappa shape index (κ3) is 4.96. The average Bonchev–Trinajstić information content (AvgIpc) is 2.63. The van der Waals surface area contributed by atoms with Gasteiger partial charge in [0, 0.05) is 5.56 Å².